The van der Waals surface area contributed by atoms with Crippen molar-refractivity contribution in [2.45, 2.75) is 26.0 Å². The van der Waals surface area contributed by atoms with E-state index in [4.69, 9.17) is 15.6 Å². The number of nitrogens with zero attached hydrogens (tertiary/aromatic N) is 4. The number of nitrogens with two attached hydrogens (primary N) is 1. The highest BCUT2D eigenvalue weighted by Gasteiger charge is 2.11. The van der Waals surface area contributed by atoms with E-state index in [2.05, 4.69) is 30.7 Å². The molecule has 0 radical (unpaired) electrons. The van der Waals surface area contributed by atoms with Crippen molar-refractivity contribution < 1.29 is 9.84 Å². The summed E-state index contributed by atoms with van der Waals surface area (Å²) in [6.45, 7) is 2.26. The number of ether oxygens (including phenoxy) is 1. The summed E-state index contributed by atoms with van der Waals surface area (Å²) >= 11 is 0. The smallest absolute Gasteiger partial charge is 0.222 e. The molecule has 5 N–H and O–H groups in total. The predicted octanol–water partition coefficient (Wildman–Crippen LogP) is -0.0613. The van der Waals surface area contributed by atoms with Crippen molar-refractivity contribution in [1.29, 1.82) is 0 Å². The summed E-state index contributed by atoms with van der Waals surface area (Å²) in [4.78, 5) is 8.00. The minimum atomic E-state index is 0.0312. The lowest BCUT2D eigenvalue weighted by molar-refractivity contribution is 0.281. The molecule has 9 nitrogen and oxygen atoms in total. The number of aromatic amines is 1. The van der Waals surface area contributed by atoms with Crippen LogP contribution in [-0.4, -0.2) is 43.1 Å². The Balaban J connectivity index is 2.06. The maximum absolute atomic E-state index is 8.92. The van der Waals surface area contributed by atoms with Gasteiger partial charge in [-0.1, -0.05) is 5.21 Å². The topological polar surface area (TPSA) is 135 Å². The second-order valence-electron chi connectivity index (χ2n) is 4.25. The number of nitrogen functional groups attached to an aromatic ring is 1. The molecule has 1 atom stereocenters. The molecule has 108 valence electrons. The van der Waals surface area contributed by atoms with Crippen LogP contribution in [0.15, 0.2) is 12.4 Å². The number of anilines is 2. The van der Waals surface area contributed by atoms with Crippen LogP contribution >= 0.6 is 0 Å². The van der Waals surface area contributed by atoms with Gasteiger partial charge < -0.3 is 20.9 Å². The van der Waals surface area contributed by atoms with Gasteiger partial charge in [-0.2, -0.15) is 4.98 Å². The number of hydrogen-bond donors (Lipinski definition) is 4. The summed E-state index contributed by atoms with van der Waals surface area (Å²) in [7, 11) is 0. The molecule has 0 saturated carbocycles. The number of H-pyrrole nitrogens is 1. The molecule has 2 heterocycles. The molecule has 0 aliphatic rings. The number of hydrogen-bond acceptors (Lipinski definition) is 8. The van der Waals surface area contributed by atoms with Gasteiger partial charge in [-0.15, -0.1) is 5.10 Å². The normalized spacial score (nSPS) is 12.1. The van der Waals surface area contributed by atoms with Gasteiger partial charge in [0.05, 0.1) is 6.20 Å². The molecule has 0 spiro atoms. The van der Waals surface area contributed by atoms with E-state index < -0.39 is 0 Å². The molecular formula is C11H17N7O2. The van der Waals surface area contributed by atoms with Crippen molar-refractivity contribution >= 4 is 11.8 Å². The Hall–Kier alpha value is -2.42. The first-order chi connectivity index (χ1) is 9.69. The van der Waals surface area contributed by atoms with Crippen molar-refractivity contribution in [3.63, 3.8) is 0 Å². The van der Waals surface area contributed by atoms with Crippen LogP contribution in [0.1, 0.15) is 19.0 Å². The lowest BCUT2D eigenvalue weighted by atomic mass is 10.2. The second-order valence-corrected chi connectivity index (χ2v) is 4.25. The van der Waals surface area contributed by atoms with Crippen molar-refractivity contribution in [1.82, 2.24) is 25.4 Å². The Morgan fingerprint density at radius 2 is 2.40 bits per heavy atom. The van der Waals surface area contributed by atoms with E-state index in [0.717, 1.165) is 0 Å². The van der Waals surface area contributed by atoms with Gasteiger partial charge in [0.25, 0.3) is 0 Å². The molecule has 0 aliphatic carbocycles. The van der Waals surface area contributed by atoms with Crippen molar-refractivity contribution in [2.24, 2.45) is 0 Å². The van der Waals surface area contributed by atoms with E-state index in [1.165, 1.54) is 6.20 Å². The SMILES string of the molecule is C[C@@H](CCO)Nc1nc(N)ncc1OCc1c[nH]nn1. The van der Waals surface area contributed by atoms with Gasteiger partial charge in [0.15, 0.2) is 11.6 Å². The van der Waals surface area contributed by atoms with E-state index >= 15 is 0 Å². The van der Waals surface area contributed by atoms with Crippen LogP contribution in [0.4, 0.5) is 11.8 Å². The molecule has 0 aliphatic heterocycles. The molecule has 2 aromatic heterocycles. The average molecular weight is 279 g/mol. The zero-order valence-electron chi connectivity index (χ0n) is 11.1. The molecule has 20 heavy (non-hydrogen) atoms. The molecule has 0 unspecified atom stereocenters. The van der Waals surface area contributed by atoms with E-state index in [1.54, 1.807) is 6.20 Å². The Bertz CT molecular complexity index is 532. The van der Waals surface area contributed by atoms with Gasteiger partial charge in [-0.25, -0.2) is 4.98 Å². The highest BCUT2D eigenvalue weighted by atomic mass is 16.5. The van der Waals surface area contributed by atoms with Crippen molar-refractivity contribution in [3.05, 3.63) is 18.1 Å². The van der Waals surface area contributed by atoms with Gasteiger partial charge >= 0.3 is 0 Å². The zero-order chi connectivity index (χ0) is 14.4. The monoisotopic (exact) mass is 279 g/mol. The summed E-state index contributed by atoms with van der Waals surface area (Å²) < 4.78 is 5.59. The molecule has 9 heteroatoms. The van der Waals surface area contributed by atoms with Crippen LogP contribution in [0.2, 0.25) is 0 Å². The third kappa shape index (κ3) is 3.79. The summed E-state index contributed by atoms with van der Waals surface area (Å²) in [5.41, 5.74) is 6.24. The largest absolute Gasteiger partial charge is 0.482 e. The average Bonchev–Trinajstić information content (AvgIpc) is 2.91. The van der Waals surface area contributed by atoms with Crippen LogP contribution in [0.25, 0.3) is 0 Å². The van der Waals surface area contributed by atoms with Crippen LogP contribution < -0.4 is 15.8 Å². The van der Waals surface area contributed by atoms with Gasteiger partial charge in [0.1, 0.15) is 12.3 Å². The molecule has 2 rings (SSSR count). The Morgan fingerprint density at radius 1 is 1.55 bits per heavy atom. The minimum absolute atomic E-state index is 0.0312. The number of nitrogens with one attached hydrogen (secondary N) is 2. The van der Waals surface area contributed by atoms with Gasteiger partial charge in [-0.3, -0.25) is 5.10 Å². The van der Waals surface area contributed by atoms with Gasteiger partial charge in [0.2, 0.25) is 5.95 Å². The maximum Gasteiger partial charge on any atom is 0.222 e. The zero-order valence-corrected chi connectivity index (χ0v) is 11.1. The van der Waals surface area contributed by atoms with Crippen LogP contribution in [0.5, 0.6) is 5.75 Å². The molecule has 0 aromatic carbocycles. The molecule has 0 amide bonds. The highest BCUT2D eigenvalue weighted by Crippen LogP contribution is 2.23. The number of aliphatic hydroxyl groups is 1. The molecular weight excluding hydrogens is 262 g/mol. The number of aromatic nitrogens is 5. The molecule has 2 aromatic rings. The third-order valence-electron chi connectivity index (χ3n) is 2.56. The number of rotatable bonds is 7. The number of aliphatic hydroxyl groups excluding tert-OH is 1. The van der Waals surface area contributed by atoms with Gasteiger partial charge in [0, 0.05) is 18.8 Å². The Labute approximate surface area is 115 Å². The fourth-order valence-corrected chi connectivity index (χ4v) is 1.54. The van der Waals surface area contributed by atoms with Crippen molar-refractivity contribution in [3.8, 4) is 5.75 Å². The predicted molar refractivity (Wildman–Crippen MR) is 71.9 cm³/mol. The lowest BCUT2D eigenvalue weighted by Gasteiger charge is -2.16. The fourth-order valence-electron chi connectivity index (χ4n) is 1.54. The van der Waals surface area contributed by atoms with Crippen molar-refractivity contribution in [2.75, 3.05) is 17.7 Å². The van der Waals surface area contributed by atoms with Crippen LogP contribution in [-0.2, 0) is 6.61 Å². The second kappa shape index (κ2) is 6.66. The van der Waals surface area contributed by atoms with E-state index in [1.807, 2.05) is 6.92 Å². The summed E-state index contributed by atoms with van der Waals surface area (Å²) in [5.74, 6) is 1.10. The summed E-state index contributed by atoms with van der Waals surface area (Å²) in [5, 5.41) is 22.1. The minimum Gasteiger partial charge on any atom is -0.482 e. The van der Waals surface area contributed by atoms with E-state index in [-0.39, 0.29) is 25.2 Å². The lowest BCUT2D eigenvalue weighted by Crippen LogP contribution is -2.18. The standard InChI is InChI=1S/C11H17N7O2/c1-7(2-3-19)15-10-9(5-13-11(12)16-10)20-6-8-4-14-18-17-8/h4-5,7,19H,2-3,6H2,1H3,(H,14,17,18)(H3,12,13,15,16)/t7-/m0/s1. The first-order valence-electron chi connectivity index (χ1n) is 6.17. The third-order valence-corrected chi connectivity index (χ3v) is 2.56. The summed E-state index contributed by atoms with van der Waals surface area (Å²) in [6.07, 6.45) is 3.72. The fraction of sp³-hybridized carbons (Fsp3) is 0.455. The van der Waals surface area contributed by atoms with Crippen LogP contribution in [0, 0.1) is 0 Å². The van der Waals surface area contributed by atoms with E-state index in [0.29, 0.717) is 23.7 Å². The van der Waals surface area contributed by atoms with Gasteiger partial charge in [-0.05, 0) is 13.3 Å². The Kier molecular flexibility index (Phi) is 4.66. The Morgan fingerprint density at radius 3 is 3.10 bits per heavy atom. The summed E-state index contributed by atoms with van der Waals surface area (Å²) in [6, 6.07) is 0.0312. The van der Waals surface area contributed by atoms with E-state index in [9.17, 15) is 0 Å². The molecule has 0 bridgehead atoms. The first-order valence-corrected chi connectivity index (χ1v) is 6.17. The first kappa shape index (κ1) is 14.0. The van der Waals surface area contributed by atoms with Crippen LogP contribution in [0.3, 0.4) is 0 Å². The molecule has 0 saturated heterocycles. The quantitative estimate of drug-likeness (QED) is 0.553. The highest BCUT2D eigenvalue weighted by molar-refractivity contribution is 5.51. The maximum atomic E-state index is 8.92. The molecule has 0 fully saturated rings.